The molecule has 2 aromatic heterocycles. The molecule has 1 saturated heterocycles. The number of aliphatic carboxylic acids is 1. The highest BCUT2D eigenvalue weighted by atomic mass is 19.4. The quantitative estimate of drug-likeness (QED) is 0.209. The van der Waals surface area contributed by atoms with Gasteiger partial charge in [-0.1, -0.05) is 13.8 Å². The first-order chi connectivity index (χ1) is 23.2. The Morgan fingerprint density at radius 1 is 0.878 bits per heavy atom. The van der Waals surface area contributed by atoms with Crippen LogP contribution in [0.2, 0.25) is 0 Å². The fourth-order valence-corrected chi connectivity index (χ4v) is 7.36. The van der Waals surface area contributed by atoms with E-state index in [0.717, 1.165) is 12.1 Å². The molecule has 1 aliphatic heterocycles. The molecule has 1 aliphatic carbocycles. The molecular weight excluding hydrogens is 654 g/mol. The van der Waals surface area contributed by atoms with Crippen molar-refractivity contribution in [1.82, 2.24) is 25.1 Å². The molecule has 1 saturated carbocycles. The van der Waals surface area contributed by atoms with Gasteiger partial charge in [0, 0.05) is 66.7 Å². The molecule has 1 aromatic carbocycles. The maximum Gasteiger partial charge on any atom is 0.416 e. The second kappa shape index (κ2) is 14.8. The SMILES string of the molecule is CC[C@@H]1C[C@H](N(Cc2cc(C(F)(F)F)cc(C(F)(F)F)c2)c2ncc(-c3cn[nH]c3)cn2)C[C@H](CC)N1C(=O)[C@H]1CC[C@H](CC(=O)O)CC1. The summed E-state index contributed by atoms with van der Waals surface area (Å²) in [5.41, 5.74) is -1.67. The second-order valence-electron chi connectivity index (χ2n) is 13.1. The van der Waals surface area contributed by atoms with Crippen LogP contribution in [0.3, 0.4) is 0 Å². The van der Waals surface area contributed by atoms with E-state index < -0.39 is 35.5 Å². The number of benzene rings is 1. The molecule has 49 heavy (non-hydrogen) atoms. The van der Waals surface area contributed by atoms with Crippen LogP contribution in [0.1, 0.15) is 88.3 Å². The number of hydrogen-bond donors (Lipinski definition) is 2. The maximum absolute atomic E-state index is 14.0. The monoisotopic (exact) mass is 694 g/mol. The summed E-state index contributed by atoms with van der Waals surface area (Å²) in [5.74, 6) is -0.877. The van der Waals surface area contributed by atoms with Crippen LogP contribution in [0, 0.1) is 11.8 Å². The molecule has 2 aliphatic rings. The Hall–Kier alpha value is -4.17. The Morgan fingerprint density at radius 3 is 1.92 bits per heavy atom. The van der Waals surface area contributed by atoms with Crippen LogP contribution in [0.25, 0.3) is 11.1 Å². The fraction of sp³-hybridized carbons (Fsp3) is 0.559. The Bertz CT molecular complexity index is 1530. The number of aromatic amines is 1. The topological polar surface area (TPSA) is 115 Å². The Labute approximate surface area is 280 Å². The van der Waals surface area contributed by atoms with Crippen molar-refractivity contribution < 1.29 is 41.0 Å². The van der Waals surface area contributed by atoms with E-state index in [1.807, 2.05) is 18.7 Å². The van der Waals surface area contributed by atoms with Crippen LogP contribution in [0.15, 0.2) is 43.0 Å². The van der Waals surface area contributed by atoms with E-state index >= 15 is 0 Å². The number of amides is 1. The number of rotatable bonds is 10. The number of piperidine rings is 1. The maximum atomic E-state index is 14.0. The summed E-state index contributed by atoms with van der Waals surface area (Å²) in [4.78, 5) is 37.8. The normalized spacial score (nSPS) is 23.3. The number of anilines is 1. The van der Waals surface area contributed by atoms with E-state index in [1.54, 1.807) is 17.3 Å². The number of carboxylic acids is 1. The van der Waals surface area contributed by atoms with Crippen molar-refractivity contribution in [2.75, 3.05) is 4.90 Å². The standard InChI is InChI=1S/C34H40F6N6O3/c1-3-27-13-29(14-28(4-2)46(27)31(49)22-7-5-20(6-8-22)11-30(47)48)45(32-41-15-23(16-42-32)24-17-43-44-18-24)19-21-9-25(33(35,36)37)12-26(10-21)34(38,39)40/h9-10,12,15-18,20,22,27-29H,3-8,11,13-14,19H2,1-2H3,(H,43,44)(H,47,48)/t20-,22-,27-,28+,29+. The molecule has 0 unspecified atom stereocenters. The van der Waals surface area contributed by atoms with Crippen molar-refractivity contribution >= 4 is 17.8 Å². The smallest absolute Gasteiger partial charge is 0.416 e. The zero-order valence-corrected chi connectivity index (χ0v) is 27.3. The Morgan fingerprint density at radius 2 is 1.45 bits per heavy atom. The number of nitrogens with one attached hydrogen (secondary N) is 1. The molecule has 266 valence electrons. The molecular formula is C34H40F6N6O3. The largest absolute Gasteiger partial charge is 0.481 e. The molecule has 0 radical (unpaired) electrons. The minimum atomic E-state index is -5.00. The lowest BCUT2D eigenvalue weighted by Gasteiger charge is -2.49. The molecule has 3 atom stereocenters. The van der Waals surface area contributed by atoms with Gasteiger partial charge in [0.05, 0.1) is 17.3 Å². The lowest BCUT2D eigenvalue weighted by atomic mass is 9.78. The van der Waals surface area contributed by atoms with Crippen molar-refractivity contribution in [3.63, 3.8) is 0 Å². The van der Waals surface area contributed by atoms with Crippen LogP contribution in [-0.2, 0) is 28.5 Å². The van der Waals surface area contributed by atoms with Crippen LogP contribution in [0.4, 0.5) is 32.3 Å². The summed E-state index contributed by atoms with van der Waals surface area (Å²) in [5, 5.41) is 15.8. The number of carbonyl (C=O) groups excluding carboxylic acids is 1. The van der Waals surface area contributed by atoms with Crippen LogP contribution >= 0.6 is 0 Å². The predicted molar refractivity (Wildman–Crippen MR) is 168 cm³/mol. The number of carboxylic acid groups (broad SMARTS) is 1. The lowest BCUT2D eigenvalue weighted by Crippen LogP contribution is -2.58. The predicted octanol–water partition coefficient (Wildman–Crippen LogP) is 7.74. The first-order valence-corrected chi connectivity index (χ1v) is 16.6. The number of H-pyrrole nitrogens is 1. The third kappa shape index (κ3) is 8.53. The van der Waals surface area contributed by atoms with Gasteiger partial charge in [-0.15, -0.1) is 0 Å². The van der Waals surface area contributed by atoms with Gasteiger partial charge in [-0.05, 0) is 81.0 Å². The van der Waals surface area contributed by atoms with Gasteiger partial charge in [0.1, 0.15) is 0 Å². The molecule has 15 heteroatoms. The summed E-state index contributed by atoms with van der Waals surface area (Å²) >= 11 is 0. The zero-order valence-electron chi connectivity index (χ0n) is 27.3. The number of nitrogens with zero attached hydrogens (tertiary/aromatic N) is 5. The first-order valence-electron chi connectivity index (χ1n) is 16.6. The van der Waals surface area contributed by atoms with E-state index in [1.165, 1.54) is 12.4 Å². The molecule has 1 amide bonds. The number of alkyl halides is 6. The third-order valence-corrected chi connectivity index (χ3v) is 9.90. The van der Waals surface area contributed by atoms with Crippen LogP contribution in [0.5, 0.6) is 0 Å². The van der Waals surface area contributed by atoms with Crippen molar-refractivity contribution in [3.05, 3.63) is 59.7 Å². The molecule has 3 heterocycles. The summed E-state index contributed by atoms with van der Waals surface area (Å²) < 4.78 is 82.8. The van der Waals surface area contributed by atoms with Crippen molar-refractivity contribution in [2.24, 2.45) is 11.8 Å². The van der Waals surface area contributed by atoms with E-state index in [2.05, 4.69) is 20.2 Å². The summed E-state index contributed by atoms with van der Waals surface area (Å²) in [6.07, 6.45) is 0.858. The zero-order chi connectivity index (χ0) is 35.5. The number of likely N-dealkylation sites (tertiary alicyclic amines) is 1. The Balaban J connectivity index is 1.46. The van der Waals surface area contributed by atoms with Gasteiger partial charge in [-0.25, -0.2) is 9.97 Å². The molecule has 2 fully saturated rings. The average molecular weight is 695 g/mol. The molecule has 5 rings (SSSR count). The number of hydrogen-bond acceptors (Lipinski definition) is 6. The molecule has 3 aromatic rings. The Kier molecular flexibility index (Phi) is 10.9. The van der Waals surface area contributed by atoms with Gasteiger partial charge in [0.25, 0.3) is 0 Å². The summed E-state index contributed by atoms with van der Waals surface area (Å²) in [6.45, 7) is 3.58. The van der Waals surface area contributed by atoms with Crippen LogP contribution in [-0.4, -0.2) is 60.2 Å². The van der Waals surface area contributed by atoms with E-state index in [9.17, 15) is 41.0 Å². The highest BCUT2D eigenvalue weighted by Crippen LogP contribution is 2.40. The van der Waals surface area contributed by atoms with Crippen molar-refractivity contribution in [1.29, 1.82) is 0 Å². The first kappa shape index (κ1) is 36.1. The van der Waals surface area contributed by atoms with Gasteiger partial charge in [0.15, 0.2) is 0 Å². The van der Waals surface area contributed by atoms with Gasteiger partial charge in [0.2, 0.25) is 11.9 Å². The van der Waals surface area contributed by atoms with Crippen molar-refractivity contribution in [2.45, 2.75) is 109 Å². The van der Waals surface area contributed by atoms with Gasteiger partial charge >= 0.3 is 18.3 Å². The molecule has 2 N–H and O–H groups in total. The van der Waals surface area contributed by atoms with Gasteiger partial charge in [-0.3, -0.25) is 14.7 Å². The molecule has 9 nitrogen and oxygen atoms in total. The van der Waals surface area contributed by atoms with Crippen molar-refractivity contribution in [3.8, 4) is 11.1 Å². The second-order valence-corrected chi connectivity index (χ2v) is 13.1. The van der Waals surface area contributed by atoms with Gasteiger partial charge < -0.3 is 14.9 Å². The number of carbonyl (C=O) groups is 2. The van der Waals surface area contributed by atoms with Gasteiger partial charge in [-0.2, -0.15) is 31.4 Å². The fourth-order valence-electron chi connectivity index (χ4n) is 7.36. The number of halogens is 6. The van der Waals surface area contributed by atoms with E-state index in [0.29, 0.717) is 62.5 Å². The highest BCUT2D eigenvalue weighted by Gasteiger charge is 2.43. The average Bonchev–Trinajstić information content (AvgIpc) is 3.61. The van der Waals surface area contributed by atoms with E-state index in [4.69, 9.17) is 0 Å². The van der Waals surface area contributed by atoms with E-state index in [-0.39, 0.29) is 60.4 Å². The lowest BCUT2D eigenvalue weighted by molar-refractivity contribution is -0.145. The minimum Gasteiger partial charge on any atom is -0.481 e. The van der Waals surface area contributed by atoms with Crippen LogP contribution < -0.4 is 4.90 Å². The molecule has 0 spiro atoms. The molecule has 0 bridgehead atoms. The summed E-state index contributed by atoms with van der Waals surface area (Å²) in [7, 11) is 0. The number of aromatic nitrogens is 4. The third-order valence-electron chi connectivity index (χ3n) is 9.90. The highest BCUT2D eigenvalue weighted by molar-refractivity contribution is 5.80. The summed E-state index contributed by atoms with van der Waals surface area (Å²) in [6, 6.07) is 0.685. The minimum absolute atomic E-state index is 0.0193.